The maximum atomic E-state index is 12.3. The van der Waals surface area contributed by atoms with Gasteiger partial charge in [-0.1, -0.05) is 17.7 Å². The Balaban J connectivity index is 1.88. The van der Waals surface area contributed by atoms with E-state index in [1.54, 1.807) is 18.2 Å². The van der Waals surface area contributed by atoms with Crippen molar-refractivity contribution in [2.75, 3.05) is 5.32 Å². The first kappa shape index (κ1) is 15.0. The summed E-state index contributed by atoms with van der Waals surface area (Å²) < 4.78 is 0. The molecular formula is C15H10ClN3O4. The van der Waals surface area contributed by atoms with Crippen LogP contribution >= 0.6 is 11.6 Å². The monoisotopic (exact) mass is 331 g/mol. The molecule has 1 aliphatic heterocycles. The predicted octanol–water partition coefficient (Wildman–Crippen LogP) is 2.74. The van der Waals surface area contributed by atoms with E-state index in [0.29, 0.717) is 17.8 Å². The Kier molecular flexibility index (Phi) is 3.71. The summed E-state index contributed by atoms with van der Waals surface area (Å²) in [5, 5.41) is 16.2. The first-order valence-corrected chi connectivity index (χ1v) is 7.00. The maximum Gasteiger partial charge on any atom is 0.270 e. The van der Waals surface area contributed by atoms with E-state index in [1.165, 1.54) is 12.1 Å². The van der Waals surface area contributed by atoms with Gasteiger partial charge in [-0.25, -0.2) is 0 Å². The molecule has 0 spiro atoms. The Hall–Kier alpha value is -2.93. The second-order valence-corrected chi connectivity index (χ2v) is 5.34. The zero-order chi connectivity index (χ0) is 16.6. The molecule has 0 bridgehead atoms. The van der Waals surface area contributed by atoms with Crippen LogP contribution in [0.2, 0.25) is 5.02 Å². The van der Waals surface area contributed by atoms with Crippen molar-refractivity contribution in [3.05, 3.63) is 68.2 Å². The number of non-ortho nitro benzene ring substituents is 1. The second kappa shape index (κ2) is 5.69. The summed E-state index contributed by atoms with van der Waals surface area (Å²) in [5.41, 5.74) is 1.52. The van der Waals surface area contributed by atoms with E-state index in [9.17, 15) is 19.7 Å². The molecule has 0 aliphatic carbocycles. The third kappa shape index (κ3) is 2.86. The summed E-state index contributed by atoms with van der Waals surface area (Å²) >= 11 is 5.93. The molecule has 23 heavy (non-hydrogen) atoms. The van der Waals surface area contributed by atoms with Crippen LogP contribution in [0, 0.1) is 10.1 Å². The van der Waals surface area contributed by atoms with Gasteiger partial charge in [-0.2, -0.15) is 0 Å². The molecule has 0 saturated carbocycles. The van der Waals surface area contributed by atoms with Crippen LogP contribution in [0.3, 0.4) is 0 Å². The Morgan fingerprint density at radius 3 is 2.78 bits per heavy atom. The molecular weight excluding hydrogens is 322 g/mol. The minimum atomic E-state index is -0.604. The number of rotatable bonds is 3. The average Bonchev–Trinajstić information content (AvgIpc) is 2.88. The molecule has 2 N–H and O–H groups in total. The summed E-state index contributed by atoms with van der Waals surface area (Å²) in [6, 6.07) is 8.57. The van der Waals surface area contributed by atoms with E-state index in [0.717, 1.165) is 11.6 Å². The number of benzene rings is 2. The van der Waals surface area contributed by atoms with E-state index >= 15 is 0 Å². The lowest BCUT2D eigenvalue weighted by molar-refractivity contribution is -0.384. The number of nitrogens with zero attached hydrogens (tertiary/aromatic N) is 1. The van der Waals surface area contributed by atoms with Gasteiger partial charge >= 0.3 is 0 Å². The van der Waals surface area contributed by atoms with Crippen LogP contribution in [0.25, 0.3) is 0 Å². The molecule has 0 saturated heterocycles. The molecule has 8 heteroatoms. The first-order chi connectivity index (χ1) is 11.0. The third-order valence-corrected chi connectivity index (χ3v) is 3.79. The fourth-order valence-electron chi connectivity index (χ4n) is 2.29. The van der Waals surface area contributed by atoms with Crippen molar-refractivity contribution in [3.63, 3.8) is 0 Å². The van der Waals surface area contributed by atoms with Crippen molar-refractivity contribution in [1.82, 2.24) is 5.32 Å². The zero-order valence-electron chi connectivity index (χ0n) is 11.6. The van der Waals surface area contributed by atoms with Gasteiger partial charge in [-0.05, 0) is 23.8 Å². The molecule has 2 aromatic carbocycles. The highest BCUT2D eigenvalue weighted by Gasteiger charge is 2.20. The lowest BCUT2D eigenvalue weighted by Crippen LogP contribution is -2.14. The van der Waals surface area contributed by atoms with E-state index in [1.807, 2.05) is 0 Å². The van der Waals surface area contributed by atoms with Gasteiger partial charge in [0, 0.05) is 29.9 Å². The van der Waals surface area contributed by atoms with Gasteiger partial charge < -0.3 is 10.6 Å². The van der Waals surface area contributed by atoms with Gasteiger partial charge in [0.25, 0.3) is 17.5 Å². The van der Waals surface area contributed by atoms with Crippen LogP contribution < -0.4 is 10.6 Å². The largest absolute Gasteiger partial charge is 0.348 e. The molecule has 116 valence electrons. The fourth-order valence-corrected chi connectivity index (χ4v) is 2.49. The number of hydrogen-bond donors (Lipinski definition) is 2. The van der Waals surface area contributed by atoms with Crippen LogP contribution in [-0.4, -0.2) is 16.7 Å². The summed E-state index contributed by atoms with van der Waals surface area (Å²) in [7, 11) is 0. The number of amides is 2. The predicted molar refractivity (Wildman–Crippen MR) is 83.7 cm³/mol. The van der Waals surface area contributed by atoms with Crippen molar-refractivity contribution >= 4 is 34.8 Å². The van der Waals surface area contributed by atoms with Crippen molar-refractivity contribution < 1.29 is 14.5 Å². The van der Waals surface area contributed by atoms with Crippen molar-refractivity contribution in [3.8, 4) is 0 Å². The quantitative estimate of drug-likeness (QED) is 0.667. The molecule has 7 nitrogen and oxygen atoms in total. The number of anilines is 1. The van der Waals surface area contributed by atoms with Crippen molar-refractivity contribution in [1.29, 1.82) is 0 Å². The molecule has 0 radical (unpaired) electrons. The van der Waals surface area contributed by atoms with E-state index in [4.69, 9.17) is 11.6 Å². The zero-order valence-corrected chi connectivity index (χ0v) is 12.4. The smallest absolute Gasteiger partial charge is 0.270 e. The summed E-state index contributed by atoms with van der Waals surface area (Å²) in [6.45, 7) is 0.457. The summed E-state index contributed by atoms with van der Waals surface area (Å²) in [4.78, 5) is 34.1. The minimum absolute atomic E-state index is 0.00850. The molecule has 3 rings (SSSR count). The van der Waals surface area contributed by atoms with Crippen molar-refractivity contribution in [2.45, 2.75) is 6.54 Å². The van der Waals surface area contributed by atoms with Gasteiger partial charge in [0.1, 0.15) is 0 Å². The average molecular weight is 332 g/mol. The lowest BCUT2D eigenvalue weighted by atomic mass is 10.1. The first-order valence-electron chi connectivity index (χ1n) is 6.62. The van der Waals surface area contributed by atoms with Gasteiger partial charge in [-0.15, -0.1) is 0 Å². The van der Waals surface area contributed by atoms with Crippen LogP contribution in [0.15, 0.2) is 36.4 Å². The molecule has 0 aromatic heterocycles. The lowest BCUT2D eigenvalue weighted by Gasteiger charge is -2.08. The molecule has 1 aliphatic rings. The number of fused-ring (bicyclic) bond motifs is 1. The van der Waals surface area contributed by atoms with Crippen LogP contribution in [0.1, 0.15) is 26.3 Å². The van der Waals surface area contributed by atoms with Crippen molar-refractivity contribution in [2.24, 2.45) is 0 Å². The fraction of sp³-hybridized carbons (Fsp3) is 0.0667. The van der Waals surface area contributed by atoms with E-state index in [-0.39, 0.29) is 22.2 Å². The highest BCUT2D eigenvalue weighted by Crippen LogP contribution is 2.24. The Morgan fingerprint density at radius 1 is 1.26 bits per heavy atom. The number of carbonyl (C=O) groups excluding carboxylic acids is 2. The third-order valence-electron chi connectivity index (χ3n) is 3.46. The van der Waals surface area contributed by atoms with E-state index < -0.39 is 10.8 Å². The molecule has 2 aromatic rings. The van der Waals surface area contributed by atoms with Crippen LogP contribution in [0.5, 0.6) is 0 Å². The van der Waals surface area contributed by atoms with Gasteiger partial charge in [-0.3, -0.25) is 19.7 Å². The molecule has 1 heterocycles. The normalized spacial score (nSPS) is 12.5. The number of nitrogens with one attached hydrogen (secondary N) is 2. The topological polar surface area (TPSA) is 101 Å². The molecule has 0 fully saturated rings. The molecule has 0 atom stereocenters. The molecule has 2 amide bonds. The highest BCUT2D eigenvalue weighted by atomic mass is 35.5. The Labute approximate surface area is 135 Å². The van der Waals surface area contributed by atoms with Gasteiger partial charge in [0.05, 0.1) is 15.5 Å². The van der Waals surface area contributed by atoms with Gasteiger partial charge in [0.2, 0.25) is 0 Å². The summed E-state index contributed by atoms with van der Waals surface area (Å²) in [5.74, 6) is -0.790. The second-order valence-electron chi connectivity index (χ2n) is 4.93. The number of nitro groups is 1. The summed E-state index contributed by atoms with van der Waals surface area (Å²) in [6.07, 6.45) is 0. The van der Waals surface area contributed by atoms with Crippen LogP contribution in [0.4, 0.5) is 11.4 Å². The number of nitro benzene ring substituents is 1. The maximum absolute atomic E-state index is 12.3. The molecule has 0 unspecified atom stereocenters. The number of carbonyl (C=O) groups is 2. The SMILES string of the molecule is O=C(Nc1ccc2c(c1)C(=O)NC2)c1cc([N+](=O)[O-])ccc1Cl. The Bertz CT molecular complexity index is 851. The highest BCUT2D eigenvalue weighted by molar-refractivity contribution is 6.34. The van der Waals surface area contributed by atoms with Crippen LogP contribution in [-0.2, 0) is 6.54 Å². The Morgan fingerprint density at radius 2 is 2.04 bits per heavy atom. The minimum Gasteiger partial charge on any atom is -0.348 e. The van der Waals surface area contributed by atoms with E-state index in [2.05, 4.69) is 10.6 Å². The van der Waals surface area contributed by atoms with Gasteiger partial charge in [0.15, 0.2) is 0 Å². The standard InChI is InChI=1S/C15H10ClN3O4/c16-13-4-3-10(19(22)23)6-12(13)15(21)18-9-2-1-8-7-17-14(20)11(8)5-9/h1-6H,7H2,(H,17,20)(H,18,21). The number of halogens is 1. The number of hydrogen-bond acceptors (Lipinski definition) is 4.